The number of rotatable bonds is 22. The van der Waals surface area contributed by atoms with E-state index in [4.69, 9.17) is 8.23 Å². The van der Waals surface area contributed by atoms with Crippen LogP contribution in [0, 0.1) is 0 Å². The van der Waals surface area contributed by atoms with E-state index in [1.807, 2.05) is 0 Å². The van der Waals surface area contributed by atoms with Crippen LogP contribution in [0.2, 0.25) is 18.1 Å². The maximum absolute atomic E-state index is 8.06. The van der Waals surface area contributed by atoms with E-state index in [1.165, 1.54) is 98.7 Å². The monoisotopic (exact) mass is 604 g/mol. The lowest BCUT2D eigenvalue weighted by Gasteiger charge is -2.43. The van der Waals surface area contributed by atoms with Gasteiger partial charge in [-0.3, -0.25) is 0 Å². The zero-order valence-electron chi connectivity index (χ0n) is 26.3. The first-order valence-corrected chi connectivity index (χ1v) is 22.4. The fraction of sp³-hybridized carbons (Fsp3) is 0.500. The SMILES string of the molecule is CCCCCC[SiH2]O[Si](CCCCCC)(CCCCCC)O[Si](c1ccccc1)(c1ccccc1)c1ccccc1. The number of unbranched alkanes of at least 4 members (excludes halogenated alkanes) is 9. The van der Waals surface area contributed by atoms with Crippen LogP contribution in [-0.2, 0) is 8.23 Å². The molecule has 0 spiro atoms. The Labute approximate surface area is 256 Å². The van der Waals surface area contributed by atoms with Crippen molar-refractivity contribution in [3.05, 3.63) is 91.0 Å². The molecule has 0 aliphatic rings. The first-order chi connectivity index (χ1) is 20.2. The molecule has 0 atom stereocenters. The quantitative estimate of drug-likeness (QED) is 0.0652. The summed E-state index contributed by atoms with van der Waals surface area (Å²) in [7, 11) is -5.99. The molecule has 3 rings (SSSR count). The molecule has 3 aromatic carbocycles. The summed E-state index contributed by atoms with van der Waals surface area (Å²) in [6.45, 7) is 6.92. The molecular weight excluding hydrogens is 549 g/mol. The molecule has 0 amide bonds. The van der Waals surface area contributed by atoms with Gasteiger partial charge in [0.15, 0.2) is 0 Å². The zero-order chi connectivity index (χ0) is 29.1. The number of hydrogen-bond donors (Lipinski definition) is 0. The van der Waals surface area contributed by atoms with Crippen LogP contribution in [-0.4, -0.2) is 26.6 Å². The molecule has 0 aliphatic carbocycles. The highest BCUT2D eigenvalue weighted by atomic mass is 28.5. The summed E-state index contributed by atoms with van der Waals surface area (Å²) in [6.07, 6.45) is 15.4. The molecule has 224 valence electrons. The van der Waals surface area contributed by atoms with Gasteiger partial charge >= 0.3 is 8.56 Å². The Balaban J connectivity index is 2.11. The van der Waals surface area contributed by atoms with Crippen molar-refractivity contribution in [2.75, 3.05) is 0 Å². The van der Waals surface area contributed by atoms with Crippen LogP contribution in [0.1, 0.15) is 97.8 Å². The molecule has 0 saturated carbocycles. The first kappa shape index (κ1) is 33.7. The fourth-order valence-electron chi connectivity index (χ4n) is 5.98. The second kappa shape index (κ2) is 19.4. The van der Waals surface area contributed by atoms with Gasteiger partial charge in [-0.1, -0.05) is 189 Å². The van der Waals surface area contributed by atoms with E-state index in [1.54, 1.807) is 0 Å². The summed E-state index contributed by atoms with van der Waals surface area (Å²) in [4.78, 5) is 0. The van der Waals surface area contributed by atoms with Crippen LogP contribution in [0.5, 0.6) is 0 Å². The zero-order valence-corrected chi connectivity index (χ0v) is 29.7. The van der Waals surface area contributed by atoms with Crippen molar-refractivity contribution in [3.63, 3.8) is 0 Å². The van der Waals surface area contributed by atoms with Crippen molar-refractivity contribution >= 4 is 42.2 Å². The van der Waals surface area contributed by atoms with Gasteiger partial charge in [-0.05, 0) is 33.7 Å². The molecule has 0 aromatic heterocycles. The third-order valence-corrected chi connectivity index (χ3v) is 20.4. The van der Waals surface area contributed by atoms with Crippen LogP contribution in [0.3, 0.4) is 0 Å². The molecule has 0 radical (unpaired) electrons. The van der Waals surface area contributed by atoms with E-state index < -0.39 is 26.6 Å². The smallest absolute Gasteiger partial charge is 0.317 e. The molecule has 0 fully saturated rings. The predicted molar refractivity (Wildman–Crippen MR) is 187 cm³/mol. The van der Waals surface area contributed by atoms with Gasteiger partial charge in [0.2, 0.25) is 0 Å². The van der Waals surface area contributed by atoms with Gasteiger partial charge in [-0.15, -0.1) is 0 Å². The van der Waals surface area contributed by atoms with E-state index in [-0.39, 0.29) is 0 Å². The van der Waals surface area contributed by atoms with Gasteiger partial charge < -0.3 is 8.23 Å². The van der Waals surface area contributed by atoms with Gasteiger partial charge in [0.05, 0.1) is 0 Å². The van der Waals surface area contributed by atoms with Crippen LogP contribution in [0.15, 0.2) is 91.0 Å². The van der Waals surface area contributed by atoms with Gasteiger partial charge in [-0.2, -0.15) is 0 Å². The van der Waals surface area contributed by atoms with E-state index in [2.05, 4.69) is 112 Å². The van der Waals surface area contributed by atoms with Crippen molar-refractivity contribution in [3.8, 4) is 0 Å². The molecule has 41 heavy (non-hydrogen) atoms. The van der Waals surface area contributed by atoms with Crippen molar-refractivity contribution in [1.29, 1.82) is 0 Å². The Hall–Kier alpha value is -1.77. The Morgan fingerprint density at radius 2 is 0.878 bits per heavy atom. The van der Waals surface area contributed by atoms with Gasteiger partial charge in [0.1, 0.15) is 9.76 Å². The highest BCUT2D eigenvalue weighted by Crippen LogP contribution is 2.30. The summed E-state index contributed by atoms with van der Waals surface area (Å²) < 4.78 is 15.4. The summed E-state index contributed by atoms with van der Waals surface area (Å²) in [6, 6.07) is 37.0. The largest absolute Gasteiger partial charge is 0.442 e. The Bertz CT molecular complexity index is 938. The predicted octanol–water partition coefficient (Wildman–Crippen LogP) is 8.37. The van der Waals surface area contributed by atoms with Crippen LogP contribution in [0.4, 0.5) is 0 Å². The lowest BCUT2D eigenvalue weighted by Crippen LogP contribution is -2.73. The normalized spacial score (nSPS) is 12.4. The van der Waals surface area contributed by atoms with Gasteiger partial charge in [0, 0.05) is 0 Å². The summed E-state index contributed by atoms with van der Waals surface area (Å²) in [5.41, 5.74) is 0. The average molecular weight is 605 g/mol. The van der Waals surface area contributed by atoms with Crippen LogP contribution in [0.25, 0.3) is 0 Å². The second-order valence-electron chi connectivity index (χ2n) is 11.7. The topological polar surface area (TPSA) is 18.5 Å². The Morgan fingerprint density at radius 3 is 1.27 bits per heavy atom. The van der Waals surface area contributed by atoms with Crippen molar-refractivity contribution in [2.45, 2.75) is 116 Å². The molecule has 0 saturated heterocycles. The van der Waals surface area contributed by atoms with E-state index in [0.717, 1.165) is 12.1 Å². The van der Waals surface area contributed by atoms with E-state index in [0.29, 0.717) is 0 Å². The molecule has 0 N–H and O–H groups in total. The fourth-order valence-corrected chi connectivity index (χ4v) is 19.8. The molecule has 3 aromatic rings. The molecule has 2 nitrogen and oxygen atoms in total. The highest BCUT2D eigenvalue weighted by molar-refractivity contribution is 7.10. The van der Waals surface area contributed by atoms with Crippen LogP contribution < -0.4 is 15.6 Å². The molecule has 0 aliphatic heterocycles. The minimum absolute atomic E-state index is 0.649. The van der Waals surface area contributed by atoms with E-state index in [9.17, 15) is 0 Å². The lowest BCUT2D eigenvalue weighted by atomic mass is 10.2. The maximum Gasteiger partial charge on any atom is 0.317 e. The van der Waals surface area contributed by atoms with Gasteiger partial charge in [0.25, 0.3) is 8.32 Å². The standard InChI is InChI=1S/C36H56O2Si3/c1-4-7-10-22-31-39-37-40(32-23-11-8-5-2,33-24-12-9-6-3)38-41(34-25-16-13-17-26-34,35-27-18-14-19-28-35)36-29-20-15-21-30-36/h13-21,25-30H,4-12,22-24,31-33,39H2,1-3H3. The molecule has 0 heterocycles. The number of benzene rings is 3. The van der Waals surface area contributed by atoms with Crippen LogP contribution >= 0.6 is 0 Å². The Kier molecular flexibility index (Phi) is 16.0. The lowest BCUT2D eigenvalue weighted by molar-refractivity contribution is 0.384. The van der Waals surface area contributed by atoms with E-state index >= 15 is 0 Å². The van der Waals surface area contributed by atoms with Crippen molar-refractivity contribution in [2.24, 2.45) is 0 Å². The minimum atomic E-state index is -2.82. The summed E-state index contributed by atoms with van der Waals surface area (Å²) >= 11 is 0. The molecule has 5 heteroatoms. The Morgan fingerprint density at radius 1 is 0.488 bits per heavy atom. The van der Waals surface area contributed by atoms with Crippen molar-refractivity contribution < 1.29 is 8.23 Å². The summed E-state index contributed by atoms with van der Waals surface area (Å²) in [5, 5.41) is 4.01. The molecule has 0 unspecified atom stereocenters. The maximum atomic E-state index is 8.06. The molecule has 0 bridgehead atoms. The first-order valence-electron chi connectivity index (χ1n) is 16.7. The van der Waals surface area contributed by atoms with Crippen molar-refractivity contribution in [1.82, 2.24) is 0 Å². The second-order valence-corrected chi connectivity index (χ2v) is 20.7. The average Bonchev–Trinajstić information content (AvgIpc) is 3.03. The third-order valence-electron chi connectivity index (χ3n) is 8.32. The number of hydrogen-bond acceptors (Lipinski definition) is 2. The summed E-state index contributed by atoms with van der Waals surface area (Å²) in [5.74, 6) is 0. The van der Waals surface area contributed by atoms with Gasteiger partial charge in [-0.25, -0.2) is 0 Å². The highest BCUT2D eigenvalue weighted by Gasteiger charge is 2.50. The third kappa shape index (κ3) is 10.5. The minimum Gasteiger partial charge on any atom is -0.442 e. The molecular formula is C36H56O2Si3.